The Morgan fingerprint density at radius 3 is 2.30 bits per heavy atom. The van der Waals surface area contributed by atoms with Crippen LogP contribution in [0.4, 0.5) is 17.1 Å². The van der Waals surface area contributed by atoms with Crippen LogP contribution in [0.3, 0.4) is 0 Å². The third kappa shape index (κ3) is 10.8. The fourth-order valence-electron chi connectivity index (χ4n) is 8.11. The summed E-state index contributed by atoms with van der Waals surface area (Å²) in [6.07, 6.45) is 2.92. The van der Waals surface area contributed by atoms with Crippen LogP contribution in [0.25, 0.3) is 5.57 Å². The molecular formula is C45H53ClN6O7S. The number of nitro groups is 1. The number of carbonyl (C=O) groups is 1. The Labute approximate surface area is 357 Å². The second-order valence-corrected chi connectivity index (χ2v) is 18.0. The van der Waals surface area contributed by atoms with Crippen molar-refractivity contribution >= 4 is 50.2 Å². The van der Waals surface area contributed by atoms with Crippen LogP contribution in [-0.4, -0.2) is 101 Å². The maximum atomic E-state index is 13.4. The number of anilines is 2. The average molecular weight is 857 g/mol. The Balaban J connectivity index is 0.943. The van der Waals surface area contributed by atoms with Gasteiger partial charge in [-0.1, -0.05) is 55.3 Å². The predicted octanol–water partition coefficient (Wildman–Crippen LogP) is 7.94. The fraction of sp³-hybridized carbons (Fsp3) is 0.400. The first-order valence-corrected chi connectivity index (χ1v) is 22.5. The molecule has 4 aromatic carbocycles. The predicted molar refractivity (Wildman–Crippen MR) is 236 cm³/mol. The van der Waals surface area contributed by atoms with E-state index in [9.17, 15) is 23.3 Å². The van der Waals surface area contributed by atoms with E-state index in [0.717, 1.165) is 88.4 Å². The Morgan fingerprint density at radius 2 is 1.58 bits per heavy atom. The van der Waals surface area contributed by atoms with Gasteiger partial charge in [0.25, 0.3) is 21.6 Å². The molecule has 2 N–H and O–H groups in total. The van der Waals surface area contributed by atoms with E-state index >= 15 is 0 Å². The Morgan fingerprint density at radius 1 is 0.883 bits per heavy atom. The maximum absolute atomic E-state index is 13.4. The summed E-state index contributed by atoms with van der Waals surface area (Å²) < 4.78 is 40.3. The topological polar surface area (TPSA) is 147 Å². The molecule has 13 nitrogen and oxygen atoms in total. The monoisotopic (exact) mass is 856 g/mol. The number of sulfonamides is 1. The smallest absolute Gasteiger partial charge is 0.293 e. The highest BCUT2D eigenvalue weighted by atomic mass is 35.5. The van der Waals surface area contributed by atoms with Crippen LogP contribution in [0.15, 0.2) is 101 Å². The van der Waals surface area contributed by atoms with E-state index in [1.165, 1.54) is 34.9 Å². The van der Waals surface area contributed by atoms with Crippen molar-refractivity contribution in [3.05, 3.63) is 123 Å². The van der Waals surface area contributed by atoms with Crippen molar-refractivity contribution in [2.45, 2.75) is 38.0 Å². The highest BCUT2D eigenvalue weighted by Crippen LogP contribution is 2.40. The number of nitro benzene ring substituents is 1. The SMILES string of the molecule is CC1CC(CN2CCN(c3ccc(Oc4ccccc4C(=O)NS(=O)(=O)c4ccc(NCCCN5CCOCC5)c([N+](=O)[O-])c4)cc3)CC2)=C(c2ccc(Cl)cc2)CC1C. The van der Waals surface area contributed by atoms with Crippen LogP contribution in [0.2, 0.25) is 5.02 Å². The molecule has 60 heavy (non-hydrogen) atoms. The third-order valence-corrected chi connectivity index (χ3v) is 13.4. The van der Waals surface area contributed by atoms with Gasteiger partial charge in [0.2, 0.25) is 0 Å². The Bertz CT molecular complexity index is 2280. The molecule has 0 spiro atoms. The first kappa shape index (κ1) is 43.1. The molecule has 1 amide bonds. The number of carbonyl (C=O) groups excluding carboxylic acids is 1. The molecule has 0 saturated carbocycles. The molecule has 7 rings (SSSR count). The van der Waals surface area contributed by atoms with Crippen LogP contribution in [0.1, 0.15) is 49.0 Å². The lowest BCUT2D eigenvalue weighted by molar-refractivity contribution is -0.384. The largest absolute Gasteiger partial charge is 0.457 e. The molecule has 2 unspecified atom stereocenters. The van der Waals surface area contributed by atoms with Crippen molar-refractivity contribution in [1.29, 1.82) is 0 Å². The van der Waals surface area contributed by atoms with Crippen molar-refractivity contribution < 1.29 is 27.6 Å². The van der Waals surface area contributed by atoms with Gasteiger partial charge in [0, 0.05) is 69.1 Å². The van der Waals surface area contributed by atoms with Gasteiger partial charge in [0.1, 0.15) is 17.2 Å². The third-order valence-electron chi connectivity index (χ3n) is 11.8. The van der Waals surface area contributed by atoms with Gasteiger partial charge in [0.05, 0.1) is 28.6 Å². The summed E-state index contributed by atoms with van der Waals surface area (Å²) in [7, 11) is -4.48. The molecule has 0 aromatic heterocycles. The second kappa shape index (κ2) is 19.6. The number of rotatable bonds is 15. The van der Waals surface area contributed by atoms with Crippen molar-refractivity contribution in [1.82, 2.24) is 14.5 Å². The number of allylic oxidation sites excluding steroid dienone is 1. The standard InChI is InChI=1S/C45H53ClN6O7S/c1-32-28-35(41(29-33(32)2)34-8-10-36(46)11-9-34)31-50-20-22-51(23-21-50)37-12-14-38(15-13-37)59-44-7-4-3-6-40(44)45(53)48-60(56,57)39-16-17-42(43(30-39)52(54)55)47-18-5-19-49-24-26-58-27-25-49/h3-4,6-17,30,32-33,47H,5,18-29,31H2,1-2H3,(H,48,53). The number of piperazine rings is 1. The number of halogens is 1. The van der Waals surface area contributed by atoms with Crippen molar-refractivity contribution in [3.8, 4) is 11.5 Å². The lowest BCUT2D eigenvalue weighted by Crippen LogP contribution is -2.47. The Hall–Kier alpha value is -4.99. The second-order valence-electron chi connectivity index (χ2n) is 15.9. The minimum atomic E-state index is -4.48. The van der Waals surface area contributed by atoms with Crippen LogP contribution < -0.4 is 19.7 Å². The van der Waals surface area contributed by atoms with Gasteiger partial charge in [-0.15, -0.1) is 0 Å². The van der Waals surface area contributed by atoms with Gasteiger partial charge in [-0.25, -0.2) is 13.1 Å². The number of hydrogen-bond acceptors (Lipinski definition) is 11. The first-order chi connectivity index (χ1) is 28.9. The van der Waals surface area contributed by atoms with E-state index in [2.05, 4.69) is 50.7 Å². The van der Waals surface area contributed by atoms with Gasteiger partial charge in [-0.05, 0) is 109 Å². The van der Waals surface area contributed by atoms with Crippen LogP contribution in [0.5, 0.6) is 11.5 Å². The van der Waals surface area contributed by atoms with Gasteiger partial charge in [0.15, 0.2) is 0 Å². The number of ether oxygens (including phenoxy) is 2. The number of benzene rings is 4. The molecule has 318 valence electrons. The molecule has 3 aliphatic rings. The zero-order valence-electron chi connectivity index (χ0n) is 34.1. The van der Waals surface area contributed by atoms with Crippen LogP contribution in [0, 0.1) is 22.0 Å². The normalized spacial score (nSPS) is 19.2. The summed E-state index contributed by atoms with van der Waals surface area (Å²) in [4.78, 5) is 31.5. The zero-order chi connectivity index (χ0) is 42.2. The van der Waals surface area contributed by atoms with E-state index < -0.39 is 31.4 Å². The molecule has 0 bridgehead atoms. The summed E-state index contributed by atoms with van der Waals surface area (Å²) in [5.41, 5.74) is 5.11. The van der Waals surface area contributed by atoms with E-state index in [1.54, 1.807) is 18.2 Å². The van der Waals surface area contributed by atoms with Gasteiger partial charge in [-0.3, -0.25) is 24.7 Å². The zero-order valence-corrected chi connectivity index (χ0v) is 35.7. The van der Waals surface area contributed by atoms with Crippen molar-refractivity contribution in [2.24, 2.45) is 11.8 Å². The molecule has 2 heterocycles. The summed E-state index contributed by atoms with van der Waals surface area (Å²) in [6.45, 7) is 13.6. The number of hydrogen-bond donors (Lipinski definition) is 2. The van der Waals surface area contributed by atoms with Crippen LogP contribution in [-0.2, 0) is 14.8 Å². The quantitative estimate of drug-likeness (QED) is 0.0683. The minimum Gasteiger partial charge on any atom is -0.457 e. The fourth-order valence-corrected chi connectivity index (χ4v) is 9.22. The number of para-hydroxylation sites is 1. The molecular weight excluding hydrogens is 804 g/mol. The summed E-state index contributed by atoms with van der Waals surface area (Å²) >= 11 is 6.21. The molecule has 0 radical (unpaired) electrons. The highest BCUT2D eigenvalue weighted by molar-refractivity contribution is 7.90. The number of nitrogens with zero attached hydrogens (tertiary/aromatic N) is 4. The Kier molecular flexibility index (Phi) is 14.1. The summed E-state index contributed by atoms with van der Waals surface area (Å²) in [6, 6.07) is 25.8. The molecule has 2 aliphatic heterocycles. The van der Waals surface area contributed by atoms with E-state index in [0.29, 0.717) is 37.3 Å². The highest BCUT2D eigenvalue weighted by Gasteiger charge is 2.28. The van der Waals surface area contributed by atoms with Crippen molar-refractivity contribution in [2.75, 3.05) is 82.3 Å². The lowest BCUT2D eigenvalue weighted by Gasteiger charge is -2.39. The molecule has 4 aromatic rings. The number of morpholine rings is 1. The van der Waals surface area contributed by atoms with Gasteiger partial charge in [-0.2, -0.15) is 0 Å². The van der Waals surface area contributed by atoms with E-state index in [-0.39, 0.29) is 17.0 Å². The molecule has 1 aliphatic carbocycles. The maximum Gasteiger partial charge on any atom is 0.293 e. The van der Waals surface area contributed by atoms with Gasteiger partial charge >= 0.3 is 0 Å². The molecule has 15 heteroatoms. The van der Waals surface area contributed by atoms with Crippen molar-refractivity contribution in [3.63, 3.8) is 0 Å². The van der Waals surface area contributed by atoms with E-state index in [4.69, 9.17) is 21.1 Å². The molecule has 2 saturated heterocycles. The summed E-state index contributed by atoms with van der Waals surface area (Å²) in [5, 5.41) is 15.7. The lowest BCUT2D eigenvalue weighted by atomic mass is 9.75. The van der Waals surface area contributed by atoms with Crippen LogP contribution >= 0.6 is 11.6 Å². The van der Waals surface area contributed by atoms with Gasteiger partial charge < -0.3 is 19.7 Å². The molecule has 2 fully saturated rings. The average Bonchev–Trinajstić information content (AvgIpc) is 3.25. The first-order valence-electron chi connectivity index (χ1n) is 20.6. The summed E-state index contributed by atoms with van der Waals surface area (Å²) in [5.74, 6) is 0.989. The minimum absolute atomic E-state index is 0.00882. The number of nitrogens with one attached hydrogen (secondary N) is 2. The van der Waals surface area contributed by atoms with E-state index in [1.807, 2.05) is 36.4 Å². The molecule has 2 atom stereocenters. The number of amides is 1.